The normalized spacial score (nSPS) is 11.5. The molecule has 4 aromatic rings. The van der Waals surface area contributed by atoms with E-state index < -0.39 is 10.0 Å². The van der Waals surface area contributed by atoms with Crippen LogP contribution < -0.4 is 10.5 Å². The molecular weight excluding hydrogens is 438 g/mol. The first-order valence-electron chi connectivity index (χ1n) is 10.5. The molecule has 4 rings (SSSR count). The molecule has 1 aromatic heterocycles. The van der Waals surface area contributed by atoms with Crippen molar-refractivity contribution in [3.8, 4) is 11.4 Å². The highest BCUT2D eigenvalue weighted by molar-refractivity contribution is 7.89. The Labute approximate surface area is 192 Å². The number of benzene rings is 3. The van der Waals surface area contributed by atoms with Gasteiger partial charge in [0.25, 0.3) is 0 Å². The molecule has 0 aliphatic carbocycles. The Bertz CT molecular complexity index is 1300. The fourth-order valence-corrected chi connectivity index (χ4v) is 3.95. The summed E-state index contributed by atoms with van der Waals surface area (Å²) in [7, 11) is -3.77. The van der Waals surface area contributed by atoms with Crippen molar-refractivity contribution in [2.24, 2.45) is 5.14 Å². The van der Waals surface area contributed by atoms with Crippen molar-refractivity contribution in [1.29, 1.82) is 0 Å². The van der Waals surface area contributed by atoms with E-state index in [2.05, 4.69) is 10.4 Å². The number of aromatic hydroxyl groups is 1. The minimum absolute atomic E-state index is 0.0458. The molecule has 0 atom stereocenters. The first-order valence-corrected chi connectivity index (χ1v) is 12.0. The number of sulfonamides is 1. The number of nitrogens with zero attached hydrogens (tertiary/aromatic N) is 3. The van der Waals surface area contributed by atoms with Gasteiger partial charge in [-0.2, -0.15) is 5.10 Å². The lowest BCUT2D eigenvalue weighted by atomic mass is 10.1. The van der Waals surface area contributed by atoms with Crippen molar-refractivity contribution >= 4 is 10.0 Å². The monoisotopic (exact) mass is 463 g/mol. The zero-order valence-electron chi connectivity index (χ0n) is 17.9. The van der Waals surface area contributed by atoms with E-state index >= 15 is 0 Å². The number of phenols is 1. The number of phenolic OH excluding ortho intramolecular Hbond substituents is 1. The third kappa shape index (κ3) is 6.04. The second kappa shape index (κ2) is 9.95. The van der Waals surface area contributed by atoms with E-state index in [-0.39, 0.29) is 10.6 Å². The van der Waals surface area contributed by atoms with Gasteiger partial charge in [-0.05, 0) is 60.5 Å². The number of hydrogen-bond donors (Lipinski definition) is 3. The Morgan fingerprint density at radius 3 is 2.27 bits per heavy atom. The van der Waals surface area contributed by atoms with Gasteiger partial charge >= 0.3 is 0 Å². The van der Waals surface area contributed by atoms with Crippen LogP contribution in [0.1, 0.15) is 22.8 Å². The van der Waals surface area contributed by atoms with Crippen LogP contribution in [0.15, 0.2) is 83.8 Å². The lowest BCUT2D eigenvalue weighted by molar-refractivity contribution is 0.475. The Hall–Kier alpha value is -3.53. The van der Waals surface area contributed by atoms with Crippen LogP contribution in [0.5, 0.6) is 5.75 Å². The summed E-state index contributed by atoms with van der Waals surface area (Å²) in [4.78, 5) is 4.77. The second-order valence-electron chi connectivity index (χ2n) is 7.65. The first-order chi connectivity index (χ1) is 15.9. The fraction of sp³-hybridized carbons (Fsp3) is 0.167. The van der Waals surface area contributed by atoms with E-state index in [1.165, 1.54) is 12.1 Å². The van der Waals surface area contributed by atoms with Gasteiger partial charge < -0.3 is 10.4 Å². The van der Waals surface area contributed by atoms with Crippen LogP contribution in [0, 0.1) is 0 Å². The summed E-state index contributed by atoms with van der Waals surface area (Å²) in [6.45, 7) is 1.20. The molecule has 33 heavy (non-hydrogen) atoms. The number of rotatable bonds is 9. The molecule has 0 aliphatic heterocycles. The molecule has 3 aromatic carbocycles. The Balaban J connectivity index is 1.52. The Morgan fingerprint density at radius 1 is 0.909 bits per heavy atom. The predicted octanol–water partition coefficient (Wildman–Crippen LogP) is 2.54. The highest BCUT2D eigenvalue weighted by Crippen LogP contribution is 2.16. The van der Waals surface area contributed by atoms with Crippen molar-refractivity contribution < 1.29 is 13.5 Å². The zero-order chi connectivity index (χ0) is 23.3. The average Bonchev–Trinajstić information content (AvgIpc) is 3.20. The van der Waals surface area contributed by atoms with Crippen molar-refractivity contribution in [2.75, 3.05) is 6.54 Å². The van der Waals surface area contributed by atoms with Gasteiger partial charge in [0.2, 0.25) is 10.0 Å². The molecule has 170 valence electrons. The van der Waals surface area contributed by atoms with Gasteiger partial charge in [0.15, 0.2) is 5.82 Å². The second-order valence-corrected chi connectivity index (χ2v) is 9.21. The summed E-state index contributed by atoms with van der Waals surface area (Å²) in [5.74, 6) is 1.64. The number of hydrogen-bond acceptors (Lipinski definition) is 6. The van der Waals surface area contributed by atoms with Crippen LogP contribution in [0.4, 0.5) is 0 Å². The van der Waals surface area contributed by atoms with Gasteiger partial charge in [0, 0.05) is 6.42 Å². The van der Waals surface area contributed by atoms with Crippen molar-refractivity contribution in [1.82, 2.24) is 20.1 Å². The molecule has 0 unspecified atom stereocenters. The maximum absolute atomic E-state index is 11.6. The van der Waals surface area contributed by atoms with Crippen LogP contribution in [-0.4, -0.2) is 34.8 Å². The van der Waals surface area contributed by atoms with Crippen molar-refractivity contribution in [3.05, 3.63) is 102 Å². The zero-order valence-corrected chi connectivity index (χ0v) is 18.7. The topological polar surface area (TPSA) is 123 Å². The van der Waals surface area contributed by atoms with E-state index in [9.17, 15) is 13.5 Å². The highest BCUT2D eigenvalue weighted by Gasteiger charge is 2.14. The summed E-state index contributed by atoms with van der Waals surface area (Å²) in [6.07, 6.45) is 1.39. The van der Waals surface area contributed by atoms with E-state index in [4.69, 9.17) is 10.1 Å². The summed E-state index contributed by atoms with van der Waals surface area (Å²) in [6, 6.07) is 23.4. The molecule has 0 saturated carbocycles. The van der Waals surface area contributed by atoms with Gasteiger partial charge in [-0.1, -0.05) is 42.5 Å². The molecule has 4 N–H and O–H groups in total. The molecule has 0 radical (unpaired) electrons. The smallest absolute Gasteiger partial charge is 0.238 e. The summed E-state index contributed by atoms with van der Waals surface area (Å²) >= 11 is 0. The third-order valence-electron chi connectivity index (χ3n) is 5.14. The molecule has 0 saturated heterocycles. The first kappa shape index (κ1) is 22.7. The van der Waals surface area contributed by atoms with Crippen LogP contribution >= 0.6 is 0 Å². The minimum Gasteiger partial charge on any atom is -0.508 e. The van der Waals surface area contributed by atoms with Gasteiger partial charge in [0.1, 0.15) is 11.6 Å². The SMILES string of the molecule is NS(=O)(=O)c1ccc(-n2nc(Cc3ccccc3)nc2CNCCc2ccc(O)cc2)cc1. The van der Waals surface area contributed by atoms with Gasteiger partial charge in [-0.15, -0.1) is 0 Å². The molecule has 0 fully saturated rings. The van der Waals surface area contributed by atoms with E-state index in [0.717, 1.165) is 29.9 Å². The van der Waals surface area contributed by atoms with Crippen molar-refractivity contribution in [3.63, 3.8) is 0 Å². The number of nitrogens with one attached hydrogen (secondary N) is 1. The standard InChI is InChI=1S/C24H25N5O3S/c25-33(31,32)22-12-8-20(9-13-22)29-24(17-26-15-14-18-6-10-21(30)11-7-18)27-23(28-29)16-19-4-2-1-3-5-19/h1-13,26,30H,14-17H2,(H2,25,31,32). The Morgan fingerprint density at radius 2 is 1.61 bits per heavy atom. The largest absolute Gasteiger partial charge is 0.508 e. The van der Waals surface area contributed by atoms with Crippen LogP contribution in [0.3, 0.4) is 0 Å². The molecule has 9 heteroatoms. The number of aromatic nitrogens is 3. The number of nitrogens with two attached hydrogens (primary N) is 1. The summed E-state index contributed by atoms with van der Waals surface area (Å²) in [5, 5.41) is 22.7. The molecule has 1 heterocycles. The molecule has 0 amide bonds. The summed E-state index contributed by atoms with van der Waals surface area (Å²) < 4.78 is 24.9. The number of primary sulfonamides is 1. The predicted molar refractivity (Wildman–Crippen MR) is 125 cm³/mol. The summed E-state index contributed by atoms with van der Waals surface area (Å²) in [5.41, 5.74) is 2.92. The van der Waals surface area contributed by atoms with Crippen molar-refractivity contribution in [2.45, 2.75) is 24.3 Å². The molecule has 0 aliphatic rings. The molecule has 0 bridgehead atoms. The maximum Gasteiger partial charge on any atom is 0.238 e. The Kier molecular flexibility index (Phi) is 6.83. The van der Waals surface area contributed by atoms with E-state index in [1.807, 2.05) is 42.5 Å². The van der Waals surface area contributed by atoms with Crippen LogP contribution in [0.25, 0.3) is 5.69 Å². The van der Waals surface area contributed by atoms with Gasteiger partial charge in [0.05, 0.1) is 17.1 Å². The minimum atomic E-state index is -3.77. The van der Waals surface area contributed by atoms with Gasteiger partial charge in [-0.25, -0.2) is 23.2 Å². The van der Waals surface area contributed by atoms with Gasteiger partial charge in [-0.3, -0.25) is 0 Å². The molecule has 0 spiro atoms. The van der Waals surface area contributed by atoms with Crippen LogP contribution in [-0.2, 0) is 29.4 Å². The quantitative estimate of drug-likeness (QED) is 0.328. The maximum atomic E-state index is 11.6. The average molecular weight is 464 g/mol. The third-order valence-corrected chi connectivity index (χ3v) is 6.07. The lowest BCUT2D eigenvalue weighted by Crippen LogP contribution is -2.19. The lowest BCUT2D eigenvalue weighted by Gasteiger charge is -2.08. The molecule has 8 nitrogen and oxygen atoms in total. The molecular formula is C24H25N5O3S. The van der Waals surface area contributed by atoms with E-state index in [1.54, 1.807) is 28.9 Å². The highest BCUT2D eigenvalue weighted by atomic mass is 32.2. The fourth-order valence-electron chi connectivity index (χ4n) is 3.44. The van der Waals surface area contributed by atoms with Crippen LogP contribution in [0.2, 0.25) is 0 Å². The van der Waals surface area contributed by atoms with E-state index in [0.29, 0.717) is 24.5 Å².